The van der Waals surface area contributed by atoms with E-state index in [2.05, 4.69) is 6.07 Å². The van der Waals surface area contributed by atoms with Gasteiger partial charge in [-0.25, -0.2) is 0 Å². The normalized spacial score (nSPS) is 27.5. The highest BCUT2D eigenvalue weighted by atomic mass is 16.3. The molecule has 1 aromatic rings. The molecule has 0 aromatic heterocycles. The van der Waals surface area contributed by atoms with Crippen molar-refractivity contribution in [2.24, 2.45) is 0 Å². The van der Waals surface area contributed by atoms with E-state index in [0.29, 0.717) is 0 Å². The molecule has 0 radical (unpaired) electrons. The summed E-state index contributed by atoms with van der Waals surface area (Å²) in [7, 11) is 0. The van der Waals surface area contributed by atoms with Gasteiger partial charge in [0.2, 0.25) is 0 Å². The molecule has 0 bridgehead atoms. The predicted molar refractivity (Wildman–Crippen MR) is 44.3 cm³/mol. The summed E-state index contributed by atoms with van der Waals surface area (Å²) in [5, 5.41) is 9.87. The molecule has 1 N–H and O–H groups in total. The molecule has 0 aliphatic heterocycles. The first kappa shape index (κ1) is 6.86. The van der Waals surface area contributed by atoms with Crippen molar-refractivity contribution in [1.29, 1.82) is 0 Å². The van der Waals surface area contributed by atoms with Crippen LogP contribution in [0.2, 0.25) is 0 Å². The molecule has 1 aromatic carbocycles. The molecule has 58 valence electrons. The van der Waals surface area contributed by atoms with E-state index >= 15 is 0 Å². The Morgan fingerprint density at radius 2 is 2.18 bits per heavy atom. The fraction of sp³-hybridized carbons (Fsp3) is 0.400. The number of fused-ring (bicyclic) bond motifs is 1. The van der Waals surface area contributed by atoms with Crippen LogP contribution in [0.1, 0.15) is 24.5 Å². The zero-order valence-electron chi connectivity index (χ0n) is 6.67. The summed E-state index contributed by atoms with van der Waals surface area (Å²) in [5.41, 5.74) is 1.93. The van der Waals surface area contributed by atoms with Crippen molar-refractivity contribution in [3.63, 3.8) is 0 Å². The number of hydrogen-bond acceptors (Lipinski definition) is 1. The van der Waals surface area contributed by atoms with Crippen LogP contribution in [-0.4, -0.2) is 5.11 Å². The van der Waals surface area contributed by atoms with Crippen LogP contribution in [0.3, 0.4) is 0 Å². The standard InChI is InChI=1S/C10H12O/c1-2-10(11)7-8-5-3-4-6-9(8)10/h3-6,11H,2,7H2,1H3/t10-/m0/s1. The first-order chi connectivity index (χ1) is 5.26. The molecular weight excluding hydrogens is 136 g/mol. The first-order valence-electron chi connectivity index (χ1n) is 4.07. The summed E-state index contributed by atoms with van der Waals surface area (Å²) in [4.78, 5) is 0. The van der Waals surface area contributed by atoms with Crippen molar-refractivity contribution in [1.82, 2.24) is 0 Å². The molecule has 1 heteroatoms. The topological polar surface area (TPSA) is 20.2 Å². The van der Waals surface area contributed by atoms with Gasteiger partial charge < -0.3 is 5.11 Å². The molecule has 1 aliphatic carbocycles. The average Bonchev–Trinajstić information content (AvgIpc) is 2.02. The summed E-state index contributed by atoms with van der Waals surface area (Å²) >= 11 is 0. The summed E-state index contributed by atoms with van der Waals surface area (Å²) in [6.45, 7) is 2.02. The second-order valence-corrected chi connectivity index (χ2v) is 3.22. The molecule has 1 aliphatic rings. The van der Waals surface area contributed by atoms with E-state index in [1.165, 1.54) is 5.56 Å². The van der Waals surface area contributed by atoms with Crippen molar-refractivity contribution >= 4 is 0 Å². The highest BCUT2D eigenvalue weighted by molar-refractivity contribution is 5.42. The van der Waals surface area contributed by atoms with Crippen LogP contribution in [0.15, 0.2) is 24.3 Å². The minimum Gasteiger partial charge on any atom is -0.385 e. The fourth-order valence-electron chi connectivity index (χ4n) is 1.75. The summed E-state index contributed by atoms with van der Waals surface area (Å²) in [6, 6.07) is 8.11. The van der Waals surface area contributed by atoms with Gasteiger partial charge in [0.15, 0.2) is 0 Å². The Balaban J connectivity index is 2.43. The summed E-state index contributed by atoms with van der Waals surface area (Å²) in [5.74, 6) is 0. The molecule has 0 spiro atoms. The maximum Gasteiger partial charge on any atom is 0.0936 e. The number of hydrogen-bond donors (Lipinski definition) is 1. The third kappa shape index (κ3) is 0.809. The largest absolute Gasteiger partial charge is 0.385 e. The maximum absolute atomic E-state index is 9.87. The number of aliphatic hydroxyl groups is 1. The molecule has 1 nitrogen and oxygen atoms in total. The zero-order chi connectivity index (χ0) is 7.90. The van der Waals surface area contributed by atoms with Gasteiger partial charge >= 0.3 is 0 Å². The van der Waals surface area contributed by atoms with Gasteiger partial charge in [-0.3, -0.25) is 0 Å². The van der Waals surface area contributed by atoms with Crippen LogP contribution in [0.5, 0.6) is 0 Å². The van der Waals surface area contributed by atoms with E-state index < -0.39 is 5.60 Å². The molecule has 0 fully saturated rings. The van der Waals surface area contributed by atoms with Crippen LogP contribution < -0.4 is 0 Å². The van der Waals surface area contributed by atoms with Gasteiger partial charge in [-0.15, -0.1) is 0 Å². The molecule has 1 atom stereocenters. The van der Waals surface area contributed by atoms with Gasteiger partial charge in [0.05, 0.1) is 5.60 Å². The van der Waals surface area contributed by atoms with Crippen molar-refractivity contribution in [3.8, 4) is 0 Å². The molecule has 0 amide bonds. The van der Waals surface area contributed by atoms with Crippen molar-refractivity contribution in [2.75, 3.05) is 0 Å². The average molecular weight is 148 g/mol. The molecule has 11 heavy (non-hydrogen) atoms. The smallest absolute Gasteiger partial charge is 0.0936 e. The zero-order valence-corrected chi connectivity index (χ0v) is 6.67. The second kappa shape index (κ2) is 2.08. The molecule has 0 saturated heterocycles. The second-order valence-electron chi connectivity index (χ2n) is 3.22. The van der Waals surface area contributed by atoms with Crippen LogP contribution >= 0.6 is 0 Å². The number of rotatable bonds is 1. The predicted octanol–water partition coefficient (Wildman–Crippen LogP) is 1.84. The monoisotopic (exact) mass is 148 g/mol. The first-order valence-corrected chi connectivity index (χ1v) is 4.07. The van der Waals surface area contributed by atoms with Crippen molar-refractivity contribution < 1.29 is 5.11 Å². The Morgan fingerprint density at radius 3 is 2.82 bits per heavy atom. The Kier molecular flexibility index (Phi) is 1.30. The highest BCUT2D eigenvalue weighted by Crippen LogP contribution is 2.40. The quantitative estimate of drug-likeness (QED) is 0.644. The Hall–Kier alpha value is -0.820. The highest BCUT2D eigenvalue weighted by Gasteiger charge is 2.38. The third-order valence-corrected chi connectivity index (χ3v) is 2.59. The van der Waals surface area contributed by atoms with E-state index in [4.69, 9.17) is 0 Å². The number of benzene rings is 1. The van der Waals surface area contributed by atoms with Crippen molar-refractivity contribution in [3.05, 3.63) is 35.4 Å². The fourth-order valence-corrected chi connectivity index (χ4v) is 1.75. The summed E-state index contributed by atoms with van der Waals surface area (Å²) < 4.78 is 0. The Labute approximate surface area is 66.7 Å². The van der Waals surface area contributed by atoms with Gasteiger partial charge in [0, 0.05) is 6.42 Å². The van der Waals surface area contributed by atoms with E-state index in [1.807, 2.05) is 25.1 Å². The van der Waals surface area contributed by atoms with E-state index in [-0.39, 0.29) is 0 Å². The van der Waals surface area contributed by atoms with Crippen LogP contribution in [-0.2, 0) is 12.0 Å². The van der Waals surface area contributed by atoms with E-state index in [9.17, 15) is 5.11 Å². The Morgan fingerprint density at radius 1 is 1.45 bits per heavy atom. The lowest BCUT2D eigenvalue weighted by Crippen LogP contribution is -2.37. The minimum atomic E-state index is -0.503. The molecular formula is C10H12O. The summed E-state index contributed by atoms with van der Waals surface area (Å²) in [6.07, 6.45) is 1.66. The third-order valence-electron chi connectivity index (χ3n) is 2.59. The van der Waals surface area contributed by atoms with Crippen LogP contribution in [0.4, 0.5) is 0 Å². The lowest BCUT2D eigenvalue weighted by Gasteiger charge is -2.38. The van der Waals surface area contributed by atoms with Gasteiger partial charge in [0.25, 0.3) is 0 Å². The lowest BCUT2D eigenvalue weighted by molar-refractivity contribution is 0.00870. The molecule has 0 saturated carbocycles. The van der Waals surface area contributed by atoms with Crippen LogP contribution in [0, 0.1) is 0 Å². The van der Waals surface area contributed by atoms with E-state index in [0.717, 1.165) is 18.4 Å². The Bertz CT molecular complexity index is 280. The lowest BCUT2D eigenvalue weighted by atomic mass is 9.72. The molecule has 0 unspecified atom stereocenters. The molecule has 0 heterocycles. The van der Waals surface area contributed by atoms with Crippen molar-refractivity contribution in [2.45, 2.75) is 25.4 Å². The molecule has 2 rings (SSSR count). The maximum atomic E-state index is 9.87. The van der Waals surface area contributed by atoms with Gasteiger partial charge in [-0.1, -0.05) is 31.2 Å². The SMILES string of the molecule is CC[C@]1(O)Cc2ccccc21. The van der Waals surface area contributed by atoms with Crippen LogP contribution in [0.25, 0.3) is 0 Å². The van der Waals surface area contributed by atoms with Gasteiger partial charge in [-0.05, 0) is 17.5 Å². The van der Waals surface area contributed by atoms with Gasteiger partial charge in [-0.2, -0.15) is 0 Å². The van der Waals surface area contributed by atoms with E-state index in [1.54, 1.807) is 0 Å². The van der Waals surface area contributed by atoms with Gasteiger partial charge in [0.1, 0.15) is 0 Å². The minimum absolute atomic E-state index is 0.503.